The summed E-state index contributed by atoms with van der Waals surface area (Å²) in [6, 6.07) is 0. The minimum absolute atomic E-state index is 0.0137. The second-order valence-electron chi connectivity index (χ2n) is 7.64. The van der Waals surface area contributed by atoms with Gasteiger partial charge in [-0.15, -0.1) is 0 Å². The molecule has 0 bridgehead atoms. The lowest BCUT2D eigenvalue weighted by Crippen LogP contribution is -2.54. The Bertz CT molecular complexity index is 564. The standard InChI is InChI=1S/C16H29N3O4S/c1-14(20)12-17-13-16(5-4-15(17)21)6-10-19(11-7-16)24(22,23)18-8-2-3-9-18/h14,20H,2-13H2,1H3/t14-/m0/s1. The fraction of sp³-hybridized carbons (Fsp3) is 0.938. The van der Waals surface area contributed by atoms with Gasteiger partial charge in [-0.1, -0.05) is 0 Å². The van der Waals surface area contributed by atoms with Crippen LogP contribution in [-0.4, -0.2) is 78.3 Å². The van der Waals surface area contributed by atoms with Crippen molar-refractivity contribution < 1.29 is 18.3 Å². The lowest BCUT2D eigenvalue weighted by atomic mass is 9.72. The molecule has 7 nitrogen and oxygen atoms in total. The quantitative estimate of drug-likeness (QED) is 0.788. The Hall–Kier alpha value is -0.700. The summed E-state index contributed by atoms with van der Waals surface area (Å²) in [5.41, 5.74) is 0.0137. The maximum absolute atomic E-state index is 12.7. The summed E-state index contributed by atoms with van der Waals surface area (Å²) in [4.78, 5) is 13.8. The first-order valence-electron chi connectivity index (χ1n) is 9.04. The summed E-state index contributed by atoms with van der Waals surface area (Å²) in [7, 11) is -3.31. The van der Waals surface area contributed by atoms with Crippen LogP contribution in [0.2, 0.25) is 0 Å². The van der Waals surface area contributed by atoms with Crippen molar-refractivity contribution in [2.45, 2.75) is 51.6 Å². The summed E-state index contributed by atoms with van der Waals surface area (Å²) in [6.07, 6.45) is 4.30. The number of hydrogen-bond donors (Lipinski definition) is 1. The Morgan fingerprint density at radius 2 is 1.67 bits per heavy atom. The lowest BCUT2D eigenvalue weighted by Gasteiger charge is -2.47. The number of carbonyl (C=O) groups excluding carboxylic acids is 1. The molecular formula is C16H29N3O4S. The molecule has 0 saturated carbocycles. The number of amides is 1. The first kappa shape index (κ1) is 18.1. The van der Waals surface area contributed by atoms with Crippen LogP contribution in [0.25, 0.3) is 0 Å². The predicted molar refractivity (Wildman–Crippen MR) is 90.5 cm³/mol. The van der Waals surface area contributed by atoms with E-state index in [9.17, 15) is 18.3 Å². The van der Waals surface area contributed by atoms with Crippen molar-refractivity contribution in [1.29, 1.82) is 0 Å². The van der Waals surface area contributed by atoms with E-state index < -0.39 is 16.3 Å². The van der Waals surface area contributed by atoms with E-state index in [4.69, 9.17) is 0 Å². The van der Waals surface area contributed by atoms with Crippen LogP contribution in [0, 0.1) is 5.41 Å². The van der Waals surface area contributed by atoms with Crippen LogP contribution in [0.15, 0.2) is 0 Å². The fourth-order valence-electron chi connectivity index (χ4n) is 4.27. The Balaban J connectivity index is 1.62. The molecule has 0 aromatic rings. The second kappa shape index (κ2) is 6.90. The van der Waals surface area contributed by atoms with Crippen LogP contribution in [-0.2, 0) is 15.0 Å². The summed E-state index contributed by atoms with van der Waals surface area (Å²) in [6.45, 7) is 5.07. The topological polar surface area (TPSA) is 81.2 Å². The third kappa shape index (κ3) is 3.61. The maximum Gasteiger partial charge on any atom is 0.281 e. The first-order chi connectivity index (χ1) is 11.3. The number of carbonyl (C=O) groups is 1. The smallest absolute Gasteiger partial charge is 0.281 e. The largest absolute Gasteiger partial charge is 0.392 e. The predicted octanol–water partition coefficient (Wildman–Crippen LogP) is 0.412. The van der Waals surface area contributed by atoms with E-state index in [1.807, 2.05) is 0 Å². The molecule has 1 atom stereocenters. The van der Waals surface area contributed by atoms with Gasteiger partial charge in [-0.3, -0.25) is 4.79 Å². The molecule has 0 radical (unpaired) electrons. The van der Waals surface area contributed by atoms with Gasteiger partial charge in [0.2, 0.25) is 5.91 Å². The highest BCUT2D eigenvalue weighted by Gasteiger charge is 2.44. The zero-order valence-corrected chi connectivity index (χ0v) is 15.3. The third-order valence-corrected chi connectivity index (χ3v) is 7.77. The Morgan fingerprint density at radius 1 is 1.08 bits per heavy atom. The van der Waals surface area contributed by atoms with Gasteiger partial charge < -0.3 is 10.0 Å². The number of hydrogen-bond acceptors (Lipinski definition) is 4. The SMILES string of the molecule is C[C@H](O)CN1CC2(CCC1=O)CCN(S(=O)(=O)N1CCCC1)CC2. The van der Waals surface area contributed by atoms with E-state index >= 15 is 0 Å². The van der Waals surface area contributed by atoms with Crippen LogP contribution in [0.5, 0.6) is 0 Å². The summed E-state index contributed by atoms with van der Waals surface area (Å²) in [5, 5.41) is 9.59. The van der Waals surface area contributed by atoms with Gasteiger partial charge in [0.15, 0.2) is 0 Å². The molecule has 3 fully saturated rings. The highest BCUT2D eigenvalue weighted by atomic mass is 32.2. The molecule has 0 aromatic carbocycles. The molecule has 1 N–H and O–H groups in total. The Labute approximate surface area is 144 Å². The number of aliphatic hydroxyl groups excluding tert-OH is 1. The number of β-amino-alcohol motifs (C(OH)–C–C–N with tert-alkyl or cyclic N) is 1. The minimum atomic E-state index is -3.31. The van der Waals surface area contributed by atoms with Gasteiger partial charge in [0.25, 0.3) is 10.2 Å². The molecule has 0 unspecified atom stereocenters. The van der Waals surface area contributed by atoms with E-state index in [1.165, 1.54) is 0 Å². The highest BCUT2D eigenvalue weighted by molar-refractivity contribution is 7.86. The monoisotopic (exact) mass is 359 g/mol. The highest BCUT2D eigenvalue weighted by Crippen LogP contribution is 2.41. The van der Waals surface area contributed by atoms with Crippen molar-refractivity contribution in [3.8, 4) is 0 Å². The van der Waals surface area contributed by atoms with Gasteiger partial charge in [0.1, 0.15) is 0 Å². The van der Waals surface area contributed by atoms with Gasteiger partial charge in [-0.2, -0.15) is 17.0 Å². The zero-order valence-electron chi connectivity index (χ0n) is 14.5. The molecular weight excluding hydrogens is 330 g/mol. The number of rotatable bonds is 4. The van der Waals surface area contributed by atoms with Gasteiger partial charge in [-0.25, -0.2) is 0 Å². The average molecular weight is 359 g/mol. The van der Waals surface area contributed by atoms with Crippen molar-refractivity contribution >= 4 is 16.1 Å². The molecule has 3 rings (SSSR count). The average Bonchev–Trinajstić information content (AvgIpc) is 3.06. The molecule has 0 aliphatic carbocycles. The van der Waals surface area contributed by atoms with Gasteiger partial charge >= 0.3 is 0 Å². The molecule has 3 saturated heterocycles. The van der Waals surface area contributed by atoms with E-state index in [2.05, 4.69) is 0 Å². The van der Waals surface area contributed by atoms with E-state index in [-0.39, 0.29) is 11.3 Å². The normalized spacial score (nSPS) is 27.8. The molecule has 3 heterocycles. The van der Waals surface area contributed by atoms with Crippen molar-refractivity contribution in [3.63, 3.8) is 0 Å². The van der Waals surface area contributed by atoms with Crippen molar-refractivity contribution in [3.05, 3.63) is 0 Å². The van der Waals surface area contributed by atoms with Crippen molar-refractivity contribution in [1.82, 2.24) is 13.5 Å². The zero-order chi connectivity index (χ0) is 17.4. The van der Waals surface area contributed by atoms with Crippen molar-refractivity contribution in [2.24, 2.45) is 5.41 Å². The molecule has 3 aliphatic rings. The van der Waals surface area contributed by atoms with Crippen LogP contribution in [0.4, 0.5) is 0 Å². The summed E-state index contributed by atoms with van der Waals surface area (Å²) in [5.74, 6) is 0.105. The van der Waals surface area contributed by atoms with Gasteiger partial charge in [0.05, 0.1) is 6.10 Å². The van der Waals surface area contributed by atoms with Gasteiger partial charge in [-0.05, 0) is 44.4 Å². The number of aliphatic hydroxyl groups is 1. The Morgan fingerprint density at radius 3 is 2.25 bits per heavy atom. The Kier molecular flexibility index (Phi) is 5.20. The fourth-order valence-corrected chi connectivity index (χ4v) is 5.96. The molecule has 24 heavy (non-hydrogen) atoms. The van der Waals surface area contributed by atoms with Crippen molar-refractivity contribution in [2.75, 3.05) is 39.3 Å². The van der Waals surface area contributed by atoms with E-state index in [0.29, 0.717) is 45.7 Å². The molecule has 1 spiro atoms. The number of nitrogens with zero attached hydrogens (tertiary/aromatic N) is 3. The molecule has 3 aliphatic heterocycles. The minimum Gasteiger partial charge on any atom is -0.392 e. The third-order valence-electron chi connectivity index (χ3n) is 5.73. The molecule has 0 aromatic heterocycles. The second-order valence-corrected chi connectivity index (χ2v) is 9.56. The van der Waals surface area contributed by atoms with Crippen LogP contribution >= 0.6 is 0 Å². The summed E-state index contributed by atoms with van der Waals surface area (Å²) < 4.78 is 28.6. The molecule has 138 valence electrons. The number of piperidine rings is 2. The van der Waals surface area contributed by atoms with Crippen LogP contribution < -0.4 is 0 Å². The maximum atomic E-state index is 12.7. The van der Waals surface area contributed by atoms with Crippen LogP contribution in [0.1, 0.15) is 45.4 Å². The summed E-state index contributed by atoms with van der Waals surface area (Å²) >= 11 is 0. The molecule has 8 heteroatoms. The first-order valence-corrected chi connectivity index (χ1v) is 10.4. The lowest BCUT2D eigenvalue weighted by molar-refractivity contribution is -0.140. The van der Waals surface area contributed by atoms with Crippen LogP contribution in [0.3, 0.4) is 0 Å². The molecule has 1 amide bonds. The van der Waals surface area contributed by atoms with E-state index in [1.54, 1.807) is 20.4 Å². The number of likely N-dealkylation sites (tertiary alicyclic amines) is 1. The van der Waals surface area contributed by atoms with E-state index in [0.717, 1.165) is 32.1 Å². The van der Waals surface area contributed by atoms with Gasteiger partial charge in [0, 0.05) is 45.7 Å².